The van der Waals surface area contributed by atoms with Crippen LogP contribution in [-0.4, -0.2) is 5.91 Å². The van der Waals surface area contributed by atoms with Gasteiger partial charge in [0.1, 0.15) is 5.75 Å². The third-order valence-electron chi connectivity index (χ3n) is 1.34. The van der Waals surface area contributed by atoms with Crippen LogP contribution in [-0.2, 0) is 4.79 Å². The first kappa shape index (κ1) is 9.07. The van der Waals surface area contributed by atoms with Crippen LogP contribution in [0.1, 0.15) is 6.92 Å². The van der Waals surface area contributed by atoms with Crippen molar-refractivity contribution >= 4 is 11.6 Å². The molecule has 1 aromatic rings. The van der Waals surface area contributed by atoms with Crippen molar-refractivity contribution in [2.24, 2.45) is 0 Å². The highest BCUT2D eigenvalue weighted by Gasteiger charge is 1.95. The molecule has 0 radical (unpaired) electrons. The Labute approximate surface area is 75.7 Å². The molecule has 0 fully saturated rings. The van der Waals surface area contributed by atoms with E-state index in [4.69, 9.17) is 5.26 Å². The lowest BCUT2D eigenvalue weighted by atomic mass is 10.3. The number of anilines is 1. The highest BCUT2D eigenvalue weighted by atomic mass is 16.5. The predicted octanol–water partition coefficient (Wildman–Crippen LogP) is 1.50. The summed E-state index contributed by atoms with van der Waals surface area (Å²) in [5, 5.41) is 10.8. The van der Waals surface area contributed by atoms with Gasteiger partial charge in [0.2, 0.25) is 5.91 Å². The van der Waals surface area contributed by atoms with Gasteiger partial charge in [0.25, 0.3) is 6.26 Å². The molecule has 0 saturated carbocycles. The van der Waals surface area contributed by atoms with E-state index in [-0.39, 0.29) is 5.91 Å². The third kappa shape index (κ3) is 2.83. The van der Waals surface area contributed by atoms with Crippen LogP contribution in [0.15, 0.2) is 24.3 Å². The third-order valence-corrected chi connectivity index (χ3v) is 1.34. The fourth-order valence-electron chi connectivity index (χ4n) is 0.862. The maximum Gasteiger partial charge on any atom is 0.292 e. The molecule has 0 unspecified atom stereocenters. The van der Waals surface area contributed by atoms with Crippen molar-refractivity contribution in [2.45, 2.75) is 6.92 Å². The van der Waals surface area contributed by atoms with E-state index < -0.39 is 0 Å². The van der Waals surface area contributed by atoms with Crippen molar-refractivity contribution in [3.63, 3.8) is 0 Å². The molecule has 0 aromatic heterocycles. The molecule has 4 nitrogen and oxygen atoms in total. The summed E-state index contributed by atoms with van der Waals surface area (Å²) >= 11 is 0. The number of amides is 1. The normalized spacial score (nSPS) is 8.62. The fraction of sp³-hybridized carbons (Fsp3) is 0.111. The summed E-state index contributed by atoms with van der Waals surface area (Å²) < 4.78 is 4.56. The molecule has 1 amide bonds. The minimum absolute atomic E-state index is 0.131. The Morgan fingerprint density at radius 3 is 2.54 bits per heavy atom. The second-order valence-electron chi connectivity index (χ2n) is 2.40. The molecule has 66 valence electrons. The number of nitriles is 1. The van der Waals surface area contributed by atoms with E-state index >= 15 is 0 Å². The molecule has 0 atom stereocenters. The average Bonchev–Trinajstić information content (AvgIpc) is 2.08. The number of rotatable bonds is 2. The quantitative estimate of drug-likeness (QED) is 0.694. The molecule has 0 spiro atoms. The molecule has 1 aromatic carbocycles. The Hall–Kier alpha value is -2.02. The van der Waals surface area contributed by atoms with E-state index in [0.29, 0.717) is 11.4 Å². The van der Waals surface area contributed by atoms with Crippen LogP contribution in [0.25, 0.3) is 0 Å². The minimum Gasteiger partial charge on any atom is -0.388 e. The monoisotopic (exact) mass is 176 g/mol. The minimum atomic E-state index is -0.131. The lowest BCUT2D eigenvalue weighted by molar-refractivity contribution is -0.114. The van der Waals surface area contributed by atoms with Crippen LogP contribution in [0.3, 0.4) is 0 Å². The summed E-state index contributed by atoms with van der Waals surface area (Å²) in [6, 6.07) is 6.53. The Morgan fingerprint density at radius 1 is 1.46 bits per heavy atom. The largest absolute Gasteiger partial charge is 0.388 e. The molecular formula is C9H8N2O2. The van der Waals surface area contributed by atoms with Crippen LogP contribution < -0.4 is 10.1 Å². The van der Waals surface area contributed by atoms with E-state index in [2.05, 4.69) is 10.1 Å². The standard InChI is InChI=1S/C9H8N2O2/c1-7(12)11-8-2-4-9(5-3-8)13-6-10/h2-5H,1H3,(H,11,12). The highest BCUT2D eigenvalue weighted by molar-refractivity contribution is 5.88. The maximum absolute atomic E-state index is 10.6. The smallest absolute Gasteiger partial charge is 0.292 e. The summed E-state index contributed by atoms with van der Waals surface area (Å²) in [6.07, 6.45) is 1.56. The summed E-state index contributed by atoms with van der Waals surface area (Å²) in [7, 11) is 0. The Balaban J connectivity index is 2.70. The molecule has 0 heterocycles. The molecule has 0 aliphatic rings. The summed E-state index contributed by atoms with van der Waals surface area (Å²) in [5.74, 6) is 0.325. The zero-order valence-corrected chi connectivity index (χ0v) is 7.07. The number of hydrogen-bond donors (Lipinski definition) is 1. The predicted molar refractivity (Wildman–Crippen MR) is 47.0 cm³/mol. The van der Waals surface area contributed by atoms with Gasteiger partial charge in [-0.05, 0) is 24.3 Å². The van der Waals surface area contributed by atoms with Crippen molar-refractivity contribution in [2.75, 3.05) is 5.32 Å². The van der Waals surface area contributed by atoms with E-state index in [1.807, 2.05) is 0 Å². The second kappa shape index (κ2) is 4.12. The number of nitrogens with one attached hydrogen (secondary N) is 1. The van der Waals surface area contributed by atoms with Crippen LogP contribution in [0.5, 0.6) is 5.75 Å². The topological polar surface area (TPSA) is 62.1 Å². The number of benzene rings is 1. The first-order chi connectivity index (χ1) is 6.22. The van der Waals surface area contributed by atoms with Crippen LogP contribution in [0.4, 0.5) is 5.69 Å². The molecule has 0 aliphatic heterocycles. The van der Waals surface area contributed by atoms with Crippen molar-refractivity contribution in [3.8, 4) is 12.0 Å². The first-order valence-electron chi connectivity index (χ1n) is 3.66. The van der Waals surface area contributed by atoms with Crippen molar-refractivity contribution in [3.05, 3.63) is 24.3 Å². The van der Waals surface area contributed by atoms with Gasteiger partial charge in [-0.2, -0.15) is 0 Å². The number of ether oxygens (including phenoxy) is 1. The van der Waals surface area contributed by atoms with Crippen LogP contribution >= 0.6 is 0 Å². The van der Waals surface area contributed by atoms with Gasteiger partial charge in [0, 0.05) is 12.6 Å². The van der Waals surface area contributed by atoms with Gasteiger partial charge >= 0.3 is 0 Å². The lowest BCUT2D eigenvalue weighted by Gasteiger charge is -2.01. The van der Waals surface area contributed by atoms with Crippen LogP contribution in [0, 0.1) is 11.5 Å². The average molecular weight is 176 g/mol. The highest BCUT2D eigenvalue weighted by Crippen LogP contribution is 2.14. The van der Waals surface area contributed by atoms with Gasteiger partial charge in [-0.1, -0.05) is 0 Å². The summed E-state index contributed by atoms with van der Waals surface area (Å²) in [5.41, 5.74) is 0.679. The van der Waals surface area contributed by atoms with E-state index in [1.165, 1.54) is 6.92 Å². The Bertz CT molecular complexity index is 338. The van der Waals surface area contributed by atoms with Crippen molar-refractivity contribution in [1.29, 1.82) is 5.26 Å². The summed E-state index contributed by atoms with van der Waals surface area (Å²) in [6.45, 7) is 1.43. The number of nitrogens with zero attached hydrogens (tertiary/aromatic N) is 1. The van der Waals surface area contributed by atoms with Crippen molar-refractivity contribution < 1.29 is 9.53 Å². The van der Waals surface area contributed by atoms with E-state index in [1.54, 1.807) is 30.5 Å². The van der Waals surface area contributed by atoms with Gasteiger partial charge in [-0.25, -0.2) is 0 Å². The molecular weight excluding hydrogens is 168 g/mol. The first-order valence-corrected chi connectivity index (χ1v) is 3.66. The second-order valence-corrected chi connectivity index (χ2v) is 2.40. The van der Waals surface area contributed by atoms with Gasteiger partial charge in [-0.3, -0.25) is 4.79 Å². The summed E-state index contributed by atoms with van der Waals surface area (Å²) in [4.78, 5) is 10.6. The molecule has 13 heavy (non-hydrogen) atoms. The lowest BCUT2D eigenvalue weighted by Crippen LogP contribution is -2.05. The zero-order valence-electron chi connectivity index (χ0n) is 7.07. The SMILES string of the molecule is CC(=O)Nc1ccc(OC#N)cc1. The maximum atomic E-state index is 10.6. The number of carbonyl (C=O) groups excluding carboxylic acids is 1. The van der Waals surface area contributed by atoms with Gasteiger partial charge in [-0.15, -0.1) is 5.26 Å². The van der Waals surface area contributed by atoms with Crippen LogP contribution in [0.2, 0.25) is 0 Å². The van der Waals surface area contributed by atoms with E-state index in [9.17, 15) is 4.79 Å². The zero-order chi connectivity index (χ0) is 9.68. The number of hydrogen-bond acceptors (Lipinski definition) is 3. The molecule has 1 N–H and O–H groups in total. The molecule has 0 aliphatic carbocycles. The van der Waals surface area contributed by atoms with Gasteiger partial charge in [0.05, 0.1) is 0 Å². The Morgan fingerprint density at radius 2 is 2.08 bits per heavy atom. The fourth-order valence-corrected chi connectivity index (χ4v) is 0.862. The van der Waals surface area contributed by atoms with Crippen molar-refractivity contribution in [1.82, 2.24) is 0 Å². The molecule has 1 rings (SSSR count). The molecule has 4 heteroatoms. The molecule has 0 bridgehead atoms. The Kier molecular flexibility index (Phi) is 2.87. The van der Waals surface area contributed by atoms with Gasteiger partial charge < -0.3 is 10.1 Å². The van der Waals surface area contributed by atoms with Gasteiger partial charge in [0.15, 0.2) is 0 Å². The van der Waals surface area contributed by atoms with E-state index in [0.717, 1.165) is 0 Å². The molecule has 0 saturated heterocycles. The number of carbonyl (C=O) groups is 1.